The predicted octanol–water partition coefficient (Wildman–Crippen LogP) is 3.17. The highest BCUT2D eigenvalue weighted by Crippen LogP contribution is 2.29. The molecule has 1 saturated heterocycles. The molecule has 0 spiro atoms. The Bertz CT molecular complexity index is 408. The molecule has 1 unspecified atom stereocenters. The van der Waals surface area contributed by atoms with Gasteiger partial charge in [-0.2, -0.15) is 0 Å². The smallest absolute Gasteiger partial charge is 0.303 e. The van der Waals surface area contributed by atoms with E-state index in [4.69, 9.17) is 16.7 Å². The molecule has 1 aromatic carbocycles. The standard InChI is InChI=1S/C13H16ClNO2/c14-10-3-1-4-12(9-10)15-8-2-5-11(15)6-7-13(16)17/h1,3-4,9,11H,2,5-8H2,(H,16,17). The van der Waals surface area contributed by atoms with Crippen molar-refractivity contribution in [1.82, 2.24) is 0 Å². The number of rotatable bonds is 4. The second kappa shape index (κ2) is 5.41. The van der Waals surface area contributed by atoms with Crippen molar-refractivity contribution in [3.8, 4) is 0 Å². The van der Waals surface area contributed by atoms with Gasteiger partial charge in [-0.05, 0) is 37.5 Å². The molecule has 1 aliphatic rings. The van der Waals surface area contributed by atoms with Crippen LogP contribution < -0.4 is 4.90 Å². The topological polar surface area (TPSA) is 40.5 Å². The first-order valence-electron chi connectivity index (χ1n) is 5.91. The van der Waals surface area contributed by atoms with Gasteiger partial charge in [0.15, 0.2) is 0 Å². The maximum Gasteiger partial charge on any atom is 0.303 e. The molecule has 2 rings (SSSR count). The fourth-order valence-corrected chi connectivity index (χ4v) is 2.61. The summed E-state index contributed by atoms with van der Waals surface area (Å²) in [6.45, 7) is 0.991. The van der Waals surface area contributed by atoms with Gasteiger partial charge in [-0.25, -0.2) is 0 Å². The Morgan fingerprint density at radius 2 is 2.35 bits per heavy atom. The summed E-state index contributed by atoms with van der Waals surface area (Å²) in [5.74, 6) is -0.719. The Labute approximate surface area is 106 Å². The van der Waals surface area contributed by atoms with Gasteiger partial charge in [0, 0.05) is 29.7 Å². The molecule has 0 saturated carbocycles. The second-order valence-electron chi connectivity index (χ2n) is 4.40. The zero-order valence-corrected chi connectivity index (χ0v) is 10.4. The van der Waals surface area contributed by atoms with Crippen molar-refractivity contribution in [1.29, 1.82) is 0 Å². The van der Waals surface area contributed by atoms with Gasteiger partial charge < -0.3 is 10.0 Å². The minimum Gasteiger partial charge on any atom is -0.481 e. The van der Waals surface area contributed by atoms with Crippen molar-refractivity contribution in [2.24, 2.45) is 0 Å². The molecule has 0 bridgehead atoms. The monoisotopic (exact) mass is 253 g/mol. The van der Waals surface area contributed by atoms with Crippen LogP contribution in [-0.2, 0) is 4.79 Å². The first kappa shape index (κ1) is 12.2. The van der Waals surface area contributed by atoms with Crippen molar-refractivity contribution in [2.75, 3.05) is 11.4 Å². The predicted molar refractivity (Wildman–Crippen MR) is 68.7 cm³/mol. The Hall–Kier alpha value is -1.22. The number of aliphatic carboxylic acids is 1. The number of carbonyl (C=O) groups is 1. The highest BCUT2D eigenvalue weighted by atomic mass is 35.5. The van der Waals surface area contributed by atoms with E-state index in [1.54, 1.807) is 0 Å². The molecule has 0 amide bonds. The van der Waals surface area contributed by atoms with Crippen molar-refractivity contribution in [2.45, 2.75) is 31.7 Å². The van der Waals surface area contributed by atoms with Crippen molar-refractivity contribution < 1.29 is 9.90 Å². The SMILES string of the molecule is O=C(O)CCC1CCCN1c1cccc(Cl)c1. The molecule has 4 heteroatoms. The van der Waals surface area contributed by atoms with Crippen molar-refractivity contribution in [3.05, 3.63) is 29.3 Å². The highest BCUT2D eigenvalue weighted by Gasteiger charge is 2.25. The third-order valence-electron chi connectivity index (χ3n) is 3.21. The van der Waals surface area contributed by atoms with Gasteiger partial charge in [0.25, 0.3) is 0 Å². The lowest BCUT2D eigenvalue weighted by molar-refractivity contribution is -0.137. The van der Waals surface area contributed by atoms with E-state index in [0.717, 1.165) is 30.1 Å². The quantitative estimate of drug-likeness (QED) is 0.896. The van der Waals surface area contributed by atoms with E-state index in [-0.39, 0.29) is 6.42 Å². The summed E-state index contributed by atoms with van der Waals surface area (Å²) in [4.78, 5) is 12.9. The number of hydrogen-bond donors (Lipinski definition) is 1. The van der Waals surface area contributed by atoms with E-state index >= 15 is 0 Å². The van der Waals surface area contributed by atoms with Gasteiger partial charge in [-0.1, -0.05) is 17.7 Å². The van der Waals surface area contributed by atoms with E-state index in [1.807, 2.05) is 24.3 Å². The molecule has 17 heavy (non-hydrogen) atoms. The Morgan fingerprint density at radius 3 is 3.06 bits per heavy atom. The fraction of sp³-hybridized carbons (Fsp3) is 0.462. The molecule has 1 atom stereocenters. The normalized spacial score (nSPS) is 19.6. The molecule has 1 aromatic rings. The largest absolute Gasteiger partial charge is 0.481 e. The number of halogens is 1. The van der Waals surface area contributed by atoms with Crippen LogP contribution in [-0.4, -0.2) is 23.7 Å². The Kier molecular flexibility index (Phi) is 3.89. The number of nitrogens with zero attached hydrogens (tertiary/aromatic N) is 1. The number of hydrogen-bond acceptors (Lipinski definition) is 2. The molecular weight excluding hydrogens is 238 g/mol. The summed E-state index contributed by atoms with van der Waals surface area (Å²) in [7, 11) is 0. The summed E-state index contributed by atoms with van der Waals surface area (Å²) in [6, 6.07) is 8.10. The summed E-state index contributed by atoms with van der Waals surface area (Å²) in [5, 5.41) is 9.46. The van der Waals surface area contributed by atoms with Gasteiger partial charge >= 0.3 is 5.97 Å². The van der Waals surface area contributed by atoms with E-state index < -0.39 is 5.97 Å². The number of carboxylic acids is 1. The molecule has 1 fully saturated rings. The lowest BCUT2D eigenvalue weighted by Gasteiger charge is -2.26. The molecule has 3 nitrogen and oxygen atoms in total. The van der Waals surface area contributed by atoms with Crippen LogP contribution in [0.3, 0.4) is 0 Å². The maximum atomic E-state index is 10.6. The first-order chi connectivity index (χ1) is 8.16. The lowest BCUT2D eigenvalue weighted by atomic mass is 10.1. The highest BCUT2D eigenvalue weighted by molar-refractivity contribution is 6.30. The fourth-order valence-electron chi connectivity index (χ4n) is 2.42. The van der Waals surface area contributed by atoms with Crippen LogP contribution in [0.5, 0.6) is 0 Å². The van der Waals surface area contributed by atoms with E-state index in [2.05, 4.69) is 4.90 Å². The number of anilines is 1. The van der Waals surface area contributed by atoms with Gasteiger partial charge in [-0.3, -0.25) is 4.79 Å². The molecule has 1 aliphatic heterocycles. The average Bonchev–Trinajstić information content (AvgIpc) is 2.74. The van der Waals surface area contributed by atoms with Crippen LogP contribution >= 0.6 is 11.6 Å². The van der Waals surface area contributed by atoms with Gasteiger partial charge in [0.1, 0.15) is 0 Å². The van der Waals surface area contributed by atoms with Gasteiger partial charge in [0.2, 0.25) is 0 Å². The van der Waals surface area contributed by atoms with Crippen molar-refractivity contribution in [3.63, 3.8) is 0 Å². The molecule has 0 aromatic heterocycles. The minimum atomic E-state index is -0.719. The van der Waals surface area contributed by atoms with Crippen LogP contribution in [0.1, 0.15) is 25.7 Å². The lowest BCUT2D eigenvalue weighted by Crippen LogP contribution is -2.29. The summed E-state index contributed by atoms with van der Waals surface area (Å²) >= 11 is 5.98. The summed E-state index contributed by atoms with van der Waals surface area (Å²) in [6.07, 6.45) is 3.14. The molecule has 1 N–H and O–H groups in total. The number of benzene rings is 1. The maximum absolute atomic E-state index is 10.6. The van der Waals surface area contributed by atoms with Gasteiger partial charge in [0.05, 0.1) is 0 Å². The van der Waals surface area contributed by atoms with Crippen LogP contribution in [0.15, 0.2) is 24.3 Å². The van der Waals surface area contributed by atoms with Crippen LogP contribution in [0.2, 0.25) is 5.02 Å². The van der Waals surface area contributed by atoms with Crippen LogP contribution in [0.25, 0.3) is 0 Å². The minimum absolute atomic E-state index is 0.238. The second-order valence-corrected chi connectivity index (χ2v) is 4.84. The molecule has 0 aliphatic carbocycles. The third-order valence-corrected chi connectivity index (χ3v) is 3.44. The molecule has 92 valence electrons. The number of carboxylic acid groups (broad SMARTS) is 1. The van der Waals surface area contributed by atoms with E-state index in [0.29, 0.717) is 12.5 Å². The molecule has 0 radical (unpaired) electrons. The van der Waals surface area contributed by atoms with Crippen molar-refractivity contribution >= 4 is 23.3 Å². The first-order valence-corrected chi connectivity index (χ1v) is 6.28. The zero-order valence-electron chi connectivity index (χ0n) is 9.60. The zero-order chi connectivity index (χ0) is 12.3. The molecular formula is C13H16ClNO2. The Morgan fingerprint density at radius 1 is 1.53 bits per heavy atom. The van der Waals surface area contributed by atoms with Crippen LogP contribution in [0, 0.1) is 0 Å². The van der Waals surface area contributed by atoms with E-state index in [9.17, 15) is 4.79 Å². The van der Waals surface area contributed by atoms with Crippen LogP contribution in [0.4, 0.5) is 5.69 Å². The third kappa shape index (κ3) is 3.13. The average molecular weight is 254 g/mol. The summed E-state index contributed by atoms with van der Waals surface area (Å²) < 4.78 is 0. The van der Waals surface area contributed by atoms with Gasteiger partial charge in [-0.15, -0.1) is 0 Å². The van der Waals surface area contributed by atoms with E-state index in [1.165, 1.54) is 0 Å². The Balaban J connectivity index is 2.06. The molecule has 1 heterocycles. The summed E-state index contributed by atoms with van der Waals surface area (Å²) in [5.41, 5.74) is 1.10.